The van der Waals surface area contributed by atoms with Crippen LogP contribution < -0.4 is 38.3 Å². The molecule has 18 nitrogen and oxygen atoms in total. The molecule has 2 aromatic carbocycles. The highest BCUT2D eigenvalue weighted by atomic mass is 79.9. The van der Waals surface area contributed by atoms with Gasteiger partial charge in [-0.25, -0.2) is 28.1 Å². The molecule has 4 aromatic rings. The Morgan fingerprint density at radius 3 is 2.48 bits per heavy atom. The van der Waals surface area contributed by atoms with E-state index in [0.29, 0.717) is 34.6 Å². The van der Waals surface area contributed by atoms with Gasteiger partial charge in [0, 0.05) is 39.6 Å². The van der Waals surface area contributed by atoms with Gasteiger partial charge in [-0.15, -0.1) is 0 Å². The number of nitrogens with two attached hydrogens (primary N) is 2. The van der Waals surface area contributed by atoms with Crippen molar-refractivity contribution in [3.63, 3.8) is 0 Å². The summed E-state index contributed by atoms with van der Waals surface area (Å²) in [6, 6.07) is 12.5. The number of cyclic esters (lactones) is 1. The summed E-state index contributed by atoms with van der Waals surface area (Å²) in [5, 5.41) is 10.6. The first kappa shape index (κ1) is 48.0. The van der Waals surface area contributed by atoms with Crippen molar-refractivity contribution in [3.8, 4) is 11.4 Å². The van der Waals surface area contributed by atoms with Gasteiger partial charge in [0.15, 0.2) is 0 Å². The second-order valence-electron chi connectivity index (χ2n) is 16.1. The fourth-order valence-electron chi connectivity index (χ4n) is 7.41. The third kappa shape index (κ3) is 11.1. The summed E-state index contributed by atoms with van der Waals surface area (Å²) < 4.78 is 48.5. The molecule has 0 saturated heterocycles. The summed E-state index contributed by atoms with van der Waals surface area (Å²) >= 11 is 3.53. The Balaban J connectivity index is 1.01. The Labute approximate surface area is 379 Å². The molecular weight excluding hydrogens is 918 g/mol. The Morgan fingerprint density at radius 1 is 1.05 bits per heavy atom. The summed E-state index contributed by atoms with van der Waals surface area (Å²) in [6.07, 6.45) is -2.76. The van der Waals surface area contributed by atoms with Crippen LogP contribution in [0.4, 0.5) is 24.1 Å². The lowest BCUT2D eigenvalue weighted by molar-refractivity contribution is -0.190. The molecule has 6 rings (SSSR count). The molecule has 65 heavy (non-hydrogen) atoms. The number of halogens is 3. The van der Waals surface area contributed by atoms with Crippen molar-refractivity contribution in [1.29, 1.82) is 0 Å². The predicted octanol–water partition coefficient (Wildman–Crippen LogP) is 4.59. The van der Waals surface area contributed by atoms with E-state index in [2.05, 4.69) is 31.9 Å². The van der Waals surface area contributed by atoms with Crippen molar-refractivity contribution >= 4 is 68.4 Å². The maximum Gasteiger partial charge on any atom is 0.407 e. The van der Waals surface area contributed by atoms with Gasteiger partial charge in [0.05, 0.1) is 48.0 Å². The van der Waals surface area contributed by atoms with Crippen LogP contribution in [0.1, 0.15) is 75.1 Å². The number of benzene rings is 2. The molecular formula is C44H49BrF2N8O10. The number of aromatic nitrogens is 2. The zero-order valence-electron chi connectivity index (χ0n) is 35.8. The number of nitrogens with zero attached hydrogens (tertiary/aromatic N) is 2. The fraction of sp³-hybridized carbons (Fsp3) is 0.409. The van der Waals surface area contributed by atoms with Crippen molar-refractivity contribution in [1.82, 2.24) is 25.5 Å². The molecule has 2 aliphatic rings. The van der Waals surface area contributed by atoms with E-state index in [1.54, 1.807) is 26.8 Å². The number of primary amides is 1. The third-order valence-electron chi connectivity index (χ3n) is 11.2. The minimum atomic E-state index is -3.61. The van der Waals surface area contributed by atoms with Crippen LogP contribution in [0, 0.1) is 5.92 Å². The number of carbonyl (C=O) groups excluding carboxylic acids is 6. The molecule has 4 heterocycles. The molecule has 0 unspecified atom stereocenters. The van der Waals surface area contributed by atoms with Gasteiger partial charge in [-0.3, -0.25) is 19.2 Å². The lowest BCUT2D eigenvalue weighted by Gasteiger charge is -2.35. The number of urea groups is 1. The second-order valence-corrected chi connectivity index (χ2v) is 16.9. The number of hydrogen-bond acceptors (Lipinski definition) is 12. The number of alkyl carbamates (subject to hydrolysis) is 1. The van der Waals surface area contributed by atoms with E-state index in [9.17, 15) is 33.6 Å². The lowest BCUT2D eigenvalue weighted by Crippen LogP contribution is -2.51. The summed E-state index contributed by atoms with van der Waals surface area (Å²) in [7, 11) is 0. The Kier molecular flexibility index (Phi) is 14.9. The molecule has 2 aliphatic heterocycles. The van der Waals surface area contributed by atoms with Crippen molar-refractivity contribution in [2.75, 3.05) is 18.4 Å². The zero-order chi connectivity index (χ0) is 47.2. The summed E-state index contributed by atoms with van der Waals surface area (Å²) in [5.74, 6) is -6.97. The number of nitrogens with one attached hydrogen (secondary N) is 4. The van der Waals surface area contributed by atoms with E-state index in [1.807, 2.05) is 29.6 Å². The van der Waals surface area contributed by atoms with Crippen LogP contribution in [0.3, 0.4) is 0 Å². The minimum absolute atomic E-state index is 0.0974. The fourth-order valence-corrected chi connectivity index (χ4v) is 7.88. The monoisotopic (exact) mass is 966 g/mol. The van der Waals surface area contributed by atoms with Crippen LogP contribution in [0.5, 0.6) is 0 Å². The number of hydrogen-bond donors (Lipinski definition) is 6. The standard InChI is InChI=1S/C44H49BrF2N8O10/c1-4-44(29-18-33-36-25(17-27-30(45)7-5-8-31(27)53-36)19-55(33)39(59)28(29)21-63-40(44)60)65-34(56)14-15-43(46,47)22-51-42(62)64-20-24-10-12-26(13-11-24)52-37(57)32(9-6-16-50-41(49)61)54-38(58)35(48)23(2)3/h5,7-8,10-13,17-18,23,32,35H,4,6,9,14-16,19-22,48H2,1-3H3,(H,51,62)(H,52,57)(H,54,58)(H3,49,50,61)/t32-,35-,44-/m0/s1. The van der Waals surface area contributed by atoms with Gasteiger partial charge in [-0.1, -0.05) is 54.9 Å². The molecule has 8 N–H and O–H groups in total. The zero-order valence-corrected chi connectivity index (χ0v) is 37.4. The Morgan fingerprint density at radius 2 is 1.78 bits per heavy atom. The quantitative estimate of drug-likeness (QED) is 0.0400. The number of alkyl halides is 2. The minimum Gasteiger partial charge on any atom is -0.457 e. The van der Waals surface area contributed by atoms with Crippen LogP contribution >= 0.6 is 15.9 Å². The molecule has 5 amide bonds. The van der Waals surface area contributed by atoms with E-state index in [-0.39, 0.29) is 56.2 Å². The first-order valence-electron chi connectivity index (χ1n) is 20.8. The number of carbonyl (C=O) groups is 6. The number of pyridine rings is 2. The highest BCUT2D eigenvalue weighted by Crippen LogP contribution is 2.42. The van der Waals surface area contributed by atoms with Gasteiger partial charge >= 0.3 is 24.1 Å². The molecule has 21 heteroatoms. The van der Waals surface area contributed by atoms with Gasteiger partial charge in [0.25, 0.3) is 11.5 Å². The van der Waals surface area contributed by atoms with Crippen LogP contribution in [0.25, 0.3) is 22.3 Å². The SMILES string of the molecule is CC[C@@]1(OC(=O)CCC(F)(F)CNC(=O)OCc2ccc(NC(=O)[C@H](CCCNC(N)=O)NC(=O)[C@@H](N)C(C)C)cc2)C(=O)OCc2c1cc1n(c2=O)Cc2cc3c(Br)cccc3nc2-1. The van der Waals surface area contributed by atoms with E-state index >= 15 is 8.78 Å². The Hall–Kier alpha value is -6.48. The average molecular weight is 968 g/mol. The predicted molar refractivity (Wildman–Crippen MR) is 235 cm³/mol. The number of rotatable bonds is 18. The number of esters is 2. The van der Waals surface area contributed by atoms with Gasteiger partial charge in [-0.05, 0) is 67.1 Å². The van der Waals surface area contributed by atoms with Crippen molar-refractivity contribution in [3.05, 3.63) is 91.7 Å². The van der Waals surface area contributed by atoms with Gasteiger partial charge in [-0.2, -0.15) is 0 Å². The maximum atomic E-state index is 15.0. The molecule has 0 spiro atoms. The first-order chi connectivity index (χ1) is 30.8. The normalized spacial score (nSPS) is 16.0. The largest absolute Gasteiger partial charge is 0.457 e. The average Bonchev–Trinajstić information content (AvgIpc) is 3.63. The smallest absolute Gasteiger partial charge is 0.407 e. The van der Waals surface area contributed by atoms with Crippen LogP contribution in [-0.4, -0.2) is 76.5 Å². The van der Waals surface area contributed by atoms with Gasteiger partial charge < -0.3 is 51.5 Å². The van der Waals surface area contributed by atoms with Crippen LogP contribution in [0.15, 0.2) is 63.9 Å². The molecule has 346 valence electrons. The van der Waals surface area contributed by atoms with Crippen molar-refractivity contribution in [2.24, 2.45) is 17.4 Å². The molecule has 0 fully saturated rings. The van der Waals surface area contributed by atoms with Crippen molar-refractivity contribution in [2.45, 2.75) is 96.2 Å². The highest BCUT2D eigenvalue weighted by Gasteiger charge is 2.50. The second kappa shape index (κ2) is 20.1. The summed E-state index contributed by atoms with van der Waals surface area (Å²) in [4.78, 5) is 94.4. The molecule has 0 saturated carbocycles. The van der Waals surface area contributed by atoms with E-state index < -0.39 is 84.4 Å². The van der Waals surface area contributed by atoms with Crippen molar-refractivity contribution < 1.29 is 51.8 Å². The van der Waals surface area contributed by atoms with Gasteiger partial charge in [0.2, 0.25) is 17.4 Å². The summed E-state index contributed by atoms with van der Waals surface area (Å²) in [5.41, 5.74) is 11.8. The van der Waals surface area contributed by atoms with E-state index in [0.717, 1.165) is 15.4 Å². The maximum absolute atomic E-state index is 15.0. The van der Waals surface area contributed by atoms with E-state index in [1.165, 1.54) is 28.8 Å². The topological polar surface area (TPSA) is 265 Å². The third-order valence-corrected chi connectivity index (χ3v) is 11.8. The molecule has 0 aliphatic carbocycles. The molecule has 2 aromatic heterocycles. The first-order valence-corrected chi connectivity index (χ1v) is 21.6. The molecule has 3 atom stereocenters. The number of fused-ring (bicyclic) bond motifs is 5. The number of amides is 5. The van der Waals surface area contributed by atoms with Crippen LogP contribution in [-0.2, 0) is 58.7 Å². The molecule has 0 bridgehead atoms. The summed E-state index contributed by atoms with van der Waals surface area (Å²) in [6.45, 7) is 3.57. The van der Waals surface area contributed by atoms with Crippen LogP contribution in [0.2, 0.25) is 0 Å². The lowest BCUT2D eigenvalue weighted by atomic mass is 9.85. The number of anilines is 1. The van der Waals surface area contributed by atoms with E-state index in [4.69, 9.17) is 30.7 Å². The Bertz CT molecular complexity index is 2570. The van der Waals surface area contributed by atoms with Gasteiger partial charge in [0.1, 0.15) is 19.3 Å². The number of ether oxygens (including phenoxy) is 3. The molecule has 0 radical (unpaired) electrons. The highest BCUT2D eigenvalue weighted by molar-refractivity contribution is 9.10.